The van der Waals surface area contributed by atoms with Crippen LogP contribution in [0.15, 0.2) is 0 Å². The van der Waals surface area contributed by atoms with E-state index in [1.165, 1.54) is 13.1 Å². The topological polar surface area (TPSA) is 3.24 Å². The van der Waals surface area contributed by atoms with Crippen LogP contribution in [0.3, 0.4) is 0 Å². The minimum absolute atomic E-state index is 0.872. The van der Waals surface area contributed by atoms with Crippen molar-refractivity contribution in [1.29, 1.82) is 0 Å². The number of hydrogen-bond acceptors (Lipinski definition) is 2. The molecule has 1 aliphatic rings. The summed E-state index contributed by atoms with van der Waals surface area (Å²) >= 11 is 4.22. The van der Waals surface area contributed by atoms with Gasteiger partial charge in [-0.1, -0.05) is 13.8 Å². The van der Waals surface area contributed by atoms with Crippen LogP contribution in [0.2, 0.25) is 0 Å². The van der Waals surface area contributed by atoms with Gasteiger partial charge in [-0.05, 0) is 11.8 Å². The molecule has 0 amide bonds. The van der Waals surface area contributed by atoms with Crippen LogP contribution in [0.4, 0.5) is 0 Å². The maximum atomic E-state index is 4.22. The molecule has 2 atom stereocenters. The molecule has 9 heavy (non-hydrogen) atoms. The molecule has 1 heterocycles. The Kier molecular flexibility index (Phi) is 2.42. The SMILES string of the molecule is CC1CN(CS)CC1C. The largest absolute Gasteiger partial charge is 0.294 e. The molecule has 1 rings (SSSR count). The maximum absolute atomic E-state index is 4.22. The van der Waals surface area contributed by atoms with Crippen molar-refractivity contribution in [2.45, 2.75) is 13.8 Å². The molecule has 1 aliphatic heterocycles. The third kappa shape index (κ3) is 1.62. The molecule has 0 aromatic rings. The second kappa shape index (κ2) is 2.93. The molecule has 1 saturated heterocycles. The van der Waals surface area contributed by atoms with Crippen LogP contribution in [0.1, 0.15) is 13.8 Å². The van der Waals surface area contributed by atoms with Crippen LogP contribution in [-0.4, -0.2) is 23.9 Å². The molecule has 0 aliphatic carbocycles. The van der Waals surface area contributed by atoms with E-state index >= 15 is 0 Å². The number of likely N-dealkylation sites (tertiary alicyclic amines) is 1. The second-order valence-electron chi connectivity index (χ2n) is 3.13. The summed E-state index contributed by atoms with van der Waals surface area (Å²) in [4.78, 5) is 2.39. The van der Waals surface area contributed by atoms with Gasteiger partial charge < -0.3 is 0 Å². The van der Waals surface area contributed by atoms with Crippen LogP contribution in [0.25, 0.3) is 0 Å². The lowest BCUT2D eigenvalue weighted by Crippen LogP contribution is -2.18. The van der Waals surface area contributed by atoms with Gasteiger partial charge in [0.25, 0.3) is 0 Å². The van der Waals surface area contributed by atoms with Gasteiger partial charge in [-0.25, -0.2) is 0 Å². The molecule has 0 bridgehead atoms. The molecule has 0 N–H and O–H groups in total. The van der Waals surface area contributed by atoms with E-state index in [-0.39, 0.29) is 0 Å². The third-order valence-electron chi connectivity index (χ3n) is 2.26. The summed E-state index contributed by atoms with van der Waals surface area (Å²) < 4.78 is 0. The smallest absolute Gasteiger partial charge is 0.0414 e. The first kappa shape index (κ1) is 7.42. The molecule has 0 aromatic carbocycles. The van der Waals surface area contributed by atoms with Gasteiger partial charge >= 0.3 is 0 Å². The van der Waals surface area contributed by atoms with E-state index in [2.05, 4.69) is 31.4 Å². The molecule has 2 heteroatoms. The number of thiol groups is 1. The standard InChI is InChI=1S/C7H15NS/c1-6-3-8(5-9)4-7(6)2/h6-7,9H,3-5H2,1-2H3. The van der Waals surface area contributed by atoms with Gasteiger partial charge in [-0.3, -0.25) is 4.90 Å². The Bertz CT molecular complexity index is 84.9. The lowest BCUT2D eigenvalue weighted by molar-refractivity contribution is 0.383. The second-order valence-corrected chi connectivity index (χ2v) is 3.41. The molecular weight excluding hydrogens is 130 g/mol. The Morgan fingerprint density at radius 1 is 1.33 bits per heavy atom. The lowest BCUT2D eigenvalue weighted by Gasteiger charge is -2.09. The van der Waals surface area contributed by atoms with Crippen molar-refractivity contribution in [3.05, 3.63) is 0 Å². The summed E-state index contributed by atoms with van der Waals surface area (Å²) in [6.45, 7) is 7.11. The van der Waals surface area contributed by atoms with Crippen LogP contribution in [0.5, 0.6) is 0 Å². The summed E-state index contributed by atoms with van der Waals surface area (Å²) in [5.41, 5.74) is 0. The zero-order valence-corrected chi connectivity index (χ0v) is 7.06. The van der Waals surface area contributed by atoms with Crippen LogP contribution in [0, 0.1) is 11.8 Å². The van der Waals surface area contributed by atoms with Crippen molar-refractivity contribution >= 4 is 12.6 Å². The monoisotopic (exact) mass is 145 g/mol. The van der Waals surface area contributed by atoms with Gasteiger partial charge in [0.1, 0.15) is 0 Å². The fourth-order valence-electron chi connectivity index (χ4n) is 1.36. The Morgan fingerprint density at radius 2 is 1.78 bits per heavy atom. The van der Waals surface area contributed by atoms with Gasteiger partial charge in [0, 0.05) is 19.0 Å². The predicted octanol–water partition coefficient (Wildman–Crippen LogP) is 1.46. The van der Waals surface area contributed by atoms with Crippen LogP contribution in [-0.2, 0) is 0 Å². The van der Waals surface area contributed by atoms with Gasteiger partial charge in [0.15, 0.2) is 0 Å². The predicted molar refractivity (Wildman–Crippen MR) is 43.8 cm³/mol. The molecule has 0 spiro atoms. The number of hydrogen-bond donors (Lipinski definition) is 1. The van der Waals surface area contributed by atoms with Gasteiger partial charge in [-0.2, -0.15) is 12.6 Å². The average Bonchev–Trinajstić information content (AvgIpc) is 2.13. The van der Waals surface area contributed by atoms with E-state index in [4.69, 9.17) is 0 Å². The first-order chi connectivity index (χ1) is 4.24. The van der Waals surface area contributed by atoms with Crippen LogP contribution >= 0.6 is 12.6 Å². The highest BCUT2D eigenvalue weighted by atomic mass is 32.1. The van der Waals surface area contributed by atoms with Crippen molar-refractivity contribution in [2.24, 2.45) is 11.8 Å². The Labute approximate surface area is 62.8 Å². The molecule has 1 fully saturated rings. The minimum atomic E-state index is 0.872. The summed E-state index contributed by atoms with van der Waals surface area (Å²) in [6.07, 6.45) is 0. The van der Waals surface area contributed by atoms with Gasteiger partial charge in [-0.15, -0.1) is 0 Å². The van der Waals surface area contributed by atoms with Crippen molar-refractivity contribution in [1.82, 2.24) is 4.90 Å². The Morgan fingerprint density at radius 3 is 2.00 bits per heavy atom. The van der Waals surface area contributed by atoms with E-state index in [1.54, 1.807) is 0 Å². The molecule has 1 nitrogen and oxygen atoms in total. The van der Waals surface area contributed by atoms with Crippen molar-refractivity contribution < 1.29 is 0 Å². The fraction of sp³-hybridized carbons (Fsp3) is 1.00. The van der Waals surface area contributed by atoms with Crippen molar-refractivity contribution in [3.63, 3.8) is 0 Å². The van der Waals surface area contributed by atoms with E-state index in [0.29, 0.717) is 0 Å². The van der Waals surface area contributed by atoms with E-state index in [0.717, 1.165) is 17.7 Å². The van der Waals surface area contributed by atoms with Crippen LogP contribution < -0.4 is 0 Å². The maximum Gasteiger partial charge on any atom is 0.0414 e. The molecule has 0 radical (unpaired) electrons. The van der Waals surface area contributed by atoms with E-state index in [9.17, 15) is 0 Å². The first-order valence-electron chi connectivity index (χ1n) is 3.57. The van der Waals surface area contributed by atoms with Crippen molar-refractivity contribution in [2.75, 3.05) is 19.0 Å². The van der Waals surface area contributed by atoms with Gasteiger partial charge in [0.2, 0.25) is 0 Å². The summed E-state index contributed by atoms with van der Waals surface area (Å²) in [6, 6.07) is 0. The fourth-order valence-corrected chi connectivity index (χ4v) is 1.60. The molecular formula is C7H15NS. The number of rotatable bonds is 1. The van der Waals surface area contributed by atoms with E-state index < -0.39 is 0 Å². The van der Waals surface area contributed by atoms with Crippen molar-refractivity contribution in [3.8, 4) is 0 Å². The number of nitrogens with zero attached hydrogens (tertiary/aromatic N) is 1. The highest BCUT2D eigenvalue weighted by Gasteiger charge is 2.24. The van der Waals surface area contributed by atoms with Gasteiger partial charge in [0.05, 0.1) is 0 Å². The molecule has 0 aromatic heterocycles. The normalized spacial score (nSPS) is 37.7. The lowest BCUT2D eigenvalue weighted by atomic mass is 10.0. The highest BCUT2D eigenvalue weighted by molar-refractivity contribution is 7.80. The summed E-state index contributed by atoms with van der Waals surface area (Å²) in [5.74, 6) is 2.67. The quantitative estimate of drug-likeness (QED) is 0.547. The first-order valence-corrected chi connectivity index (χ1v) is 4.20. The Balaban J connectivity index is 2.35. The average molecular weight is 145 g/mol. The zero-order valence-electron chi connectivity index (χ0n) is 6.17. The molecule has 0 saturated carbocycles. The highest BCUT2D eigenvalue weighted by Crippen LogP contribution is 2.21. The Hall–Kier alpha value is 0.310. The summed E-state index contributed by atoms with van der Waals surface area (Å²) in [7, 11) is 0. The zero-order chi connectivity index (χ0) is 6.85. The third-order valence-corrected chi connectivity index (χ3v) is 2.66. The molecule has 54 valence electrons. The summed E-state index contributed by atoms with van der Waals surface area (Å²) in [5, 5.41) is 0. The van der Waals surface area contributed by atoms with E-state index in [1.807, 2.05) is 0 Å². The minimum Gasteiger partial charge on any atom is -0.294 e. The molecule has 2 unspecified atom stereocenters.